The van der Waals surface area contributed by atoms with E-state index in [2.05, 4.69) is 22.1 Å². The largest absolute Gasteiger partial charge is 0.348 e. The normalized spacial score (nSPS) is 19.9. The molecule has 0 bridgehead atoms. The number of nitrogens with one attached hydrogen (secondary N) is 2. The zero-order chi connectivity index (χ0) is 12.4. The first kappa shape index (κ1) is 11.7. The molecule has 18 heavy (non-hydrogen) atoms. The monoisotopic (exact) mass is 260 g/mol. The van der Waals surface area contributed by atoms with E-state index in [9.17, 15) is 4.79 Å². The van der Waals surface area contributed by atoms with Gasteiger partial charge in [0.1, 0.15) is 0 Å². The molecular formula is C14H16N2OS. The molecule has 1 aromatic carbocycles. The summed E-state index contributed by atoms with van der Waals surface area (Å²) in [4.78, 5) is 12.1. The van der Waals surface area contributed by atoms with Crippen molar-refractivity contribution < 1.29 is 4.79 Å². The number of hydrogen-bond acceptors (Lipinski definition) is 3. The van der Waals surface area contributed by atoms with E-state index in [1.165, 1.54) is 4.70 Å². The Labute approximate surface area is 110 Å². The highest BCUT2D eigenvalue weighted by Crippen LogP contribution is 2.21. The van der Waals surface area contributed by atoms with E-state index in [0.717, 1.165) is 36.9 Å². The van der Waals surface area contributed by atoms with Crippen LogP contribution < -0.4 is 10.6 Å². The second-order valence-corrected chi connectivity index (χ2v) is 5.64. The van der Waals surface area contributed by atoms with Crippen LogP contribution in [0.3, 0.4) is 0 Å². The summed E-state index contributed by atoms with van der Waals surface area (Å²) in [6, 6.07) is 8.22. The maximum absolute atomic E-state index is 12.1. The van der Waals surface area contributed by atoms with Crippen molar-refractivity contribution in [3.05, 3.63) is 35.2 Å². The first-order valence-corrected chi connectivity index (χ1v) is 7.20. The quantitative estimate of drug-likeness (QED) is 0.870. The number of hydrogen-bond donors (Lipinski definition) is 2. The Morgan fingerprint density at radius 3 is 3.17 bits per heavy atom. The van der Waals surface area contributed by atoms with Gasteiger partial charge in [0.15, 0.2) is 0 Å². The van der Waals surface area contributed by atoms with Gasteiger partial charge in [-0.3, -0.25) is 4.79 Å². The van der Waals surface area contributed by atoms with Crippen LogP contribution in [0.1, 0.15) is 23.2 Å². The Morgan fingerprint density at radius 2 is 2.33 bits per heavy atom. The molecule has 2 N–H and O–H groups in total. The van der Waals surface area contributed by atoms with Crippen LogP contribution in [-0.2, 0) is 0 Å². The third-order valence-corrected chi connectivity index (χ3v) is 4.24. The second-order valence-electron chi connectivity index (χ2n) is 4.69. The smallest absolute Gasteiger partial charge is 0.251 e. The summed E-state index contributed by atoms with van der Waals surface area (Å²) in [5.74, 6) is 0.0387. The van der Waals surface area contributed by atoms with Crippen LogP contribution >= 0.6 is 11.3 Å². The highest BCUT2D eigenvalue weighted by atomic mass is 32.1. The summed E-state index contributed by atoms with van der Waals surface area (Å²) in [6.07, 6.45) is 2.20. The van der Waals surface area contributed by atoms with Gasteiger partial charge < -0.3 is 10.6 Å². The first-order chi connectivity index (χ1) is 8.83. The molecule has 1 aliphatic rings. The number of amides is 1. The predicted octanol–water partition coefficient (Wildman–Crippen LogP) is 2.38. The maximum Gasteiger partial charge on any atom is 0.251 e. The lowest BCUT2D eigenvalue weighted by atomic mass is 10.1. The Morgan fingerprint density at radius 1 is 1.39 bits per heavy atom. The lowest BCUT2D eigenvalue weighted by Crippen LogP contribution is -2.45. The molecule has 0 saturated carbocycles. The van der Waals surface area contributed by atoms with Crippen LogP contribution in [-0.4, -0.2) is 25.0 Å². The molecule has 1 fully saturated rings. The van der Waals surface area contributed by atoms with E-state index in [-0.39, 0.29) is 11.9 Å². The second kappa shape index (κ2) is 5.08. The van der Waals surface area contributed by atoms with E-state index in [1.54, 1.807) is 11.3 Å². The highest BCUT2D eigenvalue weighted by molar-refractivity contribution is 7.17. The molecule has 0 spiro atoms. The predicted molar refractivity (Wildman–Crippen MR) is 75.2 cm³/mol. The van der Waals surface area contributed by atoms with Crippen molar-refractivity contribution in [1.82, 2.24) is 10.6 Å². The van der Waals surface area contributed by atoms with Crippen LogP contribution in [0.5, 0.6) is 0 Å². The molecule has 1 saturated heterocycles. The van der Waals surface area contributed by atoms with Gasteiger partial charge in [0.05, 0.1) is 0 Å². The Balaban J connectivity index is 1.74. The Hall–Kier alpha value is -1.39. The first-order valence-electron chi connectivity index (χ1n) is 6.32. The van der Waals surface area contributed by atoms with Crippen molar-refractivity contribution in [2.24, 2.45) is 0 Å². The van der Waals surface area contributed by atoms with Crippen molar-refractivity contribution >= 4 is 27.3 Å². The lowest BCUT2D eigenvalue weighted by Gasteiger charge is -2.23. The molecule has 94 valence electrons. The summed E-state index contributed by atoms with van der Waals surface area (Å²) < 4.78 is 1.23. The molecule has 4 heteroatoms. The van der Waals surface area contributed by atoms with Gasteiger partial charge in [0, 0.05) is 22.8 Å². The summed E-state index contributed by atoms with van der Waals surface area (Å²) in [7, 11) is 0. The number of piperidine rings is 1. The minimum Gasteiger partial charge on any atom is -0.348 e. The van der Waals surface area contributed by atoms with Gasteiger partial charge in [0.2, 0.25) is 0 Å². The van der Waals surface area contributed by atoms with Crippen molar-refractivity contribution in [2.45, 2.75) is 18.9 Å². The number of fused-ring (bicyclic) bond motifs is 1. The molecular weight excluding hydrogens is 244 g/mol. The van der Waals surface area contributed by atoms with Crippen LogP contribution in [0.25, 0.3) is 10.1 Å². The summed E-state index contributed by atoms with van der Waals surface area (Å²) >= 11 is 1.70. The third-order valence-electron chi connectivity index (χ3n) is 3.35. The molecule has 3 nitrogen and oxygen atoms in total. The summed E-state index contributed by atoms with van der Waals surface area (Å²) in [5.41, 5.74) is 0.756. The van der Waals surface area contributed by atoms with Gasteiger partial charge in [-0.2, -0.15) is 0 Å². The van der Waals surface area contributed by atoms with Crippen LogP contribution in [0.2, 0.25) is 0 Å². The van der Waals surface area contributed by atoms with E-state index >= 15 is 0 Å². The molecule has 2 heterocycles. The van der Waals surface area contributed by atoms with Gasteiger partial charge in [-0.1, -0.05) is 0 Å². The number of rotatable bonds is 2. The molecule has 0 unspecified atom stereocenters. The number of benzene rings is 1. The van der Waals surface area contributed by atoms with E-state index < -0.39 is 0 Å². The van der Waals surface area contributed by atoms with E-state index in [4.69, 9.17) is 0 Å². The average Bonchev–Trinajstić information content (AvgIpc) is 2.87. The molecule has 0 aliphatic carbocycles. The van der Waals surface area contributed by atoms with Crippen molar-refractivity contribution in [2.75, 3.05) is 13.1 Å². The van der Waals surface area contributed by atoms with Gasteiger partial charge >= 0.3 is 0 Å². The van der Waals surface area contributed by atoms with Crippen molar-refractivity contribution in [1.29, 1.82) is 0 Å². The zero-order valence-corrected chi connectivity index (χ0v) is 10.9. The van der Waals surface area contributed by atoms with Crippen molar-refractivity contribution in [3.63, 3.8) is 0 Å². The standard InChI is InChI=1S/C14H16N2OS/c17-14(16-12-2-1-6-15-9-12)11-3-4-13-10(8-11)5-7-18-13/h3-5,7-8,12,15H,1-2,6,9H2,(H,16,17)/t12-/m0/s1. The number of thiophene rings is 1. The third kappa shape index (κ3) is 2.40. The van der Waals surface area contributed by atoms with Crippen molar-refractivity contribution in [3.8, 4) is 0 Å². The van der Waals surface area contributed by atoms with Gasteiger partial charge in [-0.05, 0) is 54.4 Å². The maximum atomic E-state index is 12.1. The highest BCUT2D eigenvalue weighted by Gasteiger charge is 2.16. The molecule has 1 aliphatic heterocycles. The van der Waals surface area contributed by atoms with Crippen LogP contribution in [0.4, 0.5) is 0 Å². The molecule has 1 atom stereocenters. The van der Waals surface area contributed by atoms with E-state index in [1.807, 2.05) is 18.2 Å². The Bertz CT molecular complexity index is 558. The fourth-order valence-corrected chi connectivity index (χ4v) is 3.12. The minimum absolute atomic E-state index is 0.0387. The SMILES string of the molecule is O=C(N[C@H]1CCCNC1)c1ccc2sccc2c1. The van der Waals surface area contributed by atoms with E-state index in [0.29, 0.717) is 0 Å². The number of carbonyl (C=O) groups is 1. The molecule has 1 amide bonds. The van der Waals surface area contributed by atoms with Crippen LogP contribution in [0.15, 0.2) is 29.6 Å². The Kier molecular flexibility index (Phi) is 3.30. The van der Waals surface area contributed by atoms with Gasteiger partial charge in [-0.25, -0.2) is 0 Å². The molecule has 2 aromatic rings. The molecule has 0 radical (unpaired) electrons. The topological polar surface area (TPSA) is 41.1 Å². The zero-order valence-electron chi connectivity index (χ0n) is 10.1. The number of carbonyl (C=O) groups excluding carboxylic acids is 1. The fraction of sp³-hybridized carbons (Fsp3) is 0.357. The average molecular weight is 260 g/mol. The van der Waals surface area contributed by atoms with Crippen LogP contribution in [0, 0.1) is 0 Å². The molecule has 3 rings (SSSR count). The molecule has 1 aromatic heterocycles. The fourth-order valence-electron chi connectivity index (χ4n) is 2.35. The van der Waals surface area contributed by atoms with Gasteiger partial charge in [-0.15, -0.1) is 11.3 Å². The minimum atomic E-state index is 0.0387. The van der Waals surface area contributed by atoms with Gasteiger partial charge in [0.25, 0.3) is 5.91 Å². The summed E-state index contributed by atoms with van der Waals surface area (Å²) in [5, 5.41) is 9.60. The summed E-state index contributed by atoms with van der Waals surface area (Å²) in [6.45, 7) is 1.94. The lowest BCUT2D eigenvalue weighted by molar-refractivity contribution is 0.0931.